The van der Waals surface area contributed by atoms with Gasteiger partial charge in [0.15, 0.2) is 0 Å². The summed E-state index contributed by atoms with van der Waals surface area (Å²) in [5.41, 5.74) is 0.303. The Labute approximate surface area is 203 Å². The standard InChI is InChI=1S/C29H37NO4/c1-19-12-7-4-5-10-17-25(31)34-29-23(16-11-13-19)27(32)21(3)20(2)26(29)24(30-28(29)33)18-22-14-8-6-9-15-22/h6,8-11,14-17,19-20,23-24,26-27,32H,3-5,7,12-13,18H2,1-2H3,(H,30,33)/b16-11+,17-10+/t19-,20-,23+,24+,26+,27-,29-/m1/s1. The third kappa shape index (κ3) is 4.63. The monoisotopic (exact) mass is 463 g/mol. The van der Waals surface area contributed by atoms with E-state index in [4.69, 9.17) is 4.74 Å². The highest BCUT2D eigenvalue weighted by atomic mass is 16.6. The fraction of sp³-hybridized carbons (Fsp3) is 0.517. The number of esters is 1. The van der Waals surface area contributed by atoms with Gasteiger partial charge in [-0.15, -0.1) is 0 Å². The summed E-state index contributed by atoms with van der Waals surface area (Å²) < 4.78 is 6.12. The average Bonchev–Trinajstić information content (AvgIpc) is 3.08. The summed E-state index contributed by atoms with van der Waals surface area (Å²) in [6.45, 7) is 8.41. The van der Waals surface area contributed by atoms with Crippen LogP contribution in [0.3, 0.4) is 0 Å². The van der Waals surface area contributed by atoms with E-state index in [0.717, 1.165) is 37.7 Å². The van der Waals surface area contributed by atoms with Crippen LogP contribution in [0.15, 0.2) is 66.8 Å². The van der Waals surface area contributed by atoms with Crippen molar-refractivity contribution in [1.82, 2.24) is 5.32 Å². The van der Waals surface area contributed by atoms with Crippen LogP contribution in [0, 0.1) is 23.7 Å². The Balaban J connectivity index is 1.77. The lowest BCUT2D eigenvalue weighted by molar-refractivity contribution is -0.182. The van der Waals surface area contributed by atoms with E-state index in [-0.39, 0.29) is 23.8 Å². The second-order valence-corrected chi connectivity index (χ2v) is 10.3. The molecule has 1 aromatic carbocycles. The van der Waals surface area contributed by atoms with Crippen molar-refractivity contribution in [3.8, 4) is 0 Å². The van der Waals surface area contributed by atoms with E-state index in [1.54, 1.807) is 0 Å². The number of carbonyl (C=O) groups is 2. The number of amides is 1. The van der Waals surface area contributed by atoms with Crippen LogP contribution in [0.1, 0.15) is 51.5 Å². The molecule has 0 radical (unpaired) electrons. The van der Waals surface area contributed by atoms with Crippen LogP contribution in [0.25, 0.3) is 0 Å². The average molecular weight is 464 g/mol. The van der Waals surface area contributed by atoms with Crippen molar-refractivity contribution < 1.29 is 19.4 Å². The summed E-state index contributed by atoms with van der Waals surface area (Å²) in [4.78, 5) is 26.7. The first-order valence-corrected chi connectivity index (χ1v) is 12.6. The van der Waals surface area contributed by atoms with Crippen LogP contribution in [-0.4, -0.2) is 34.7 Å². The largest absolute Gasteiger partial charge is 0.445 e. The Morgan fingerprint density at radius 1 is 1.15 bits per heavy atom. The van der Waals surface area contributed by atoms with Gasteiger partial charge in [0, 0.05) is 18.0 Å². The van der Waals surface area contributed by atoms with E-state index in [9.17, 15) is 14.7 Å². The zero-order valence-electron chi connectivity index (χ0n) is 20.3. The fourth-order valence-corrected chi connectivity index (χ4v) is 6.07. The van der Waals surface area contributed by atoms with Crippen molar-refractivity contribution in [3.05, 3.63) is 72.4 Å². The number of aliphatic hydroxyl groups is 1. The molecule has 2 N–H and O–H groups in total. The van der Waals surface area contributed by atoms with Gasteiger partial charge in [-0.2, -0.15) is 0 Å². The maximum absolute atomic E-state index is 13.7. The number of nitrogens with one attached hydrogen (secondary N) is 1. The number of allylic oxidation sites excluding steroid dienone is 2. The van der Waals surface area contributed by atoms with Crippen molar-refractivity contribution in [2.24, 2.45) is 23.7 Å². The molecule has 2 aliphatic heterocycles. The highest BCUT2D eigenvalue weighted by Crippen LogP contribution is 2.52. The molecule has 0 aromatic heterocycles. The molecular weight excluding hydrogens is 426 g/mol. The molecule has 1 amide bonds. The van der Waals surface area contributed by atoms with E-state index in [0.29, 0.717) is 17.9 Å². The summed E-state index contributed by atoms with van der Waals surface area (Å²) in [6.07, 6.45) is 11.8. The first kappa shape index (κ1) is 24.5. The van der Waals surface area contributed by atoms with Crippen molar-refractivity contribution in [2.45, 2.75) is 70.1 Å². The van der Waals surface area contributed by atoms with Gasteiger partial charge in [-0.3, -0.25) is 4.79 Å². The van der Waals surface area contributed by atoms with Gasteiger partial charge in [0.25, 0.3) is 5.91 Å². The molecule has 1 spiro atoms. The molecule has 2 fully saturated rings. The van der Waals surface area contributed by atoms with Gasteiger partial charge in [-0.05, 0) is 48.7 Å². The van der Waals surface area contributed by atoms with E-state index < -0.39 is 23.6 Å². The normalized spacial score (nSPS) is 38.6. The lowest BCUT2D eigenvalue weighted by Crippen LogP contribution is -2.61. The van der Waals surface area contributed by atoms with Gasteiger partial charge in [0.2, 0.25) is 5.60 Å². The van der Waals surface area contributed by atoms with E-state index in [1.165, 1.54) is 6.08 Å². The number of rotatable bonds is 2. The molecule has 182 valence electrons. The van der Waals surface area contributed by atoms with Crippen LogP contribution in [-0.2, 0) is 20.7 Å². The fourth-order valence-electron chi connectivity index (χ4n) is 6.07. The zero-order valence-corrected chi connectivity index (χ0v) is 20.3. The molecule has 7 atom stereocenters. The minimum Gasteiger partial charge on any atom is -0.445 e. The first-order valence-electron chi connectivity index (χ1n) is 12.6. The number of hydrogen-bond donors (Lipinski definition) is 2. The molecular formula is C29H37NO4. The number of hydrogen-bond acceptors (Lipinski definition) is 4. The third-order valence-electron chi connectivity index (χ3n) is 7.96. The first-order chi connectivity index (χ1) is 16.3. The maximum atomic E-state index is 13.7. The number of carbonyl (C=O) groups excluding carboxylic acids is 2. The Morgan fingerprint density at radius 3 is 2.68 bits per heavy atom. The Morgan fingerprint density at radius 2 is 1.91 bits per heavy atom. The smallest absolute Gasteiger partial charge is 0.331 e. The Hall–Kier alpha value is -2.66. The highest BCUT2D eigenvalue weighted by Gasteiger charge is 2.67. The van der Waals surface area contributed by atoms with Crippen molar-refractivity contribution in [1.29, 1.82) is 0 Å². The summed E-state index contributed by atoms with van der Waals surface area (Å²) >= 11 is 0. The second kappa shape index (κ2) is 10.3. The van der Waals surface area contributed by atoms with E-state index in [1.807, 2.05) is 55.5 Å². The molecule has 1 aromatic rings. The van der Waals surface area contributed by atoms with Crippen molar-refractivity contribution in [3.63, 3.8) is 0 Å². The summed E-state index contributed by atoms with van der Waals surface area (Å²) in [5, 5.41) is 14.4. The number of ether oxygens (including phenoxy) is 1. The molecule has 34 heavy (non-hydrogen) atoms. The van der Waals surface area contributed by atoms with Crippen LogP contribution in [0.4, 0.5) is 0 Å². The minimum atomic E-state index is -1.48. The van der Waals surface area contributed by atoms with E-state index >= 15 is 0 Å². The molecule has 2 heterocycles. The van der Waals surface area contributed by atoms with Crippen molar-refractivity contribution >= 4 is 11.9 Å². The quantitative estimate of drug-likeness (QED) is 0.499. The molecule has 1 saturated heterocycles. The topological polar surface area (TPSA) is 75.6 Å². The highest BCUT2D eigenvalue weighted by molar-refractivity contribution is 5.94. The number of aliphatic hydroxyl groups excluding tert-OH is 1. The van der Waals surface area contributed by atoms with Crippen molar-refractivity contribution in [2.75, 3.05) is 0 Å². The van der Waals surface area contributed by atoms with Crippen LogP contribution in [0.2, 0.25) is 0 Å². The Kier molecular flexibility index (Phi) is 7.42. The molecule has 4 rings (SSSR count). The van der Waals surface area contributed by atoms with E-state index in [2.05, 4.69) is 18.8 Å². The second-order valence-electron chi connectivity index (χ2n) is 10.3. The van der Waals surface area contributed by atoms with Gasteiger partial charge in [-0.1, -0.05) is 81.8 Å². The lowest BCUT2D eigenvalue weighted by Gasteiger charge is -2.49. The van der Waals surface area contributed by atoms with Crippen LogP contribution in [0.5, 0.6) is 0 Å². The molecule has 0 bridgehead atoms. The molecule has 5 nitrogen and oxygen atoms in total. The summed E-state index contributed by atoms with van der Waals surface area (Å²) in [7, 11) is 0. The molecule has 1 aliphatic carbocycles. The predicted octanol–water partition coefficient (Wildman–Crippen LogP) is 4.52. The number of benzene rings is 1. The van der Waals surface area contributed by atoms with Gasteiger partial charge in [0.05, 0.1) is 12.0 Å². The lowest BCUT2D eigenvalue weighted by atomic mass is 9.59. The summed E-state index contributed by atoms with van der Waals surface area (Å²) in [5.74, 6) is -1.59. The summed E-state index contributed by atoms with van der Waals surface area (Å²) in [6, 6.07) is 9.76. The minimum absolute atomic E-state index is 0.207. The molecule has 1 saturated carbocycles. The van der Waals surface area contributed by atoms with Gasteiger partial charge in [-0.25, -0.2) is 4.79 Å². The van der Waals surface area contributed by atoms with Crippen LogP contribution >= 0.6 is 0 Å². The third-order valence-corrected chi connectivity index (χ3v) is 7.96. The van der Waals surface area contributed by atoms with Gasteiger partial charge < -0.3 is 15.2 Å². The predicted molar refractivity (Wildman–Crippen MR) is 133 cm³/mol. The molecule has 3 aliphatic rings. The zero-order chi connectivity index (χ0) is 24.3. The van der Waals surface area contributed by atoms with Crippen LogP contribution < -0.4 is 5.32 Å². The van der Waals surface area contributed by atoms with Gasteiger partial charge >= 0.3 is 5.97 Å². The maximum Gasteiger partial charge on any atom is 0.331 e. The SMILES string of the molecule is C=C1[C@@H](C)[C@H]2[C@H](Cc3ccccc3)NC(=O)[C@]23OC(=O)/C=C/CCCC[C@@H](C)C/C=C/[C@H]3[C@@H]1O. The Bertz CT molecular complexity index is 968. The molecule has 5 heteroatoms. The van der Waals surface area contributed by atoms with Gasteiger partial charge in [0.1, 0.15) is 0 Å². The molecule has 0 unspecified atom stereocenters.